The maximum absolute atomic E-state index is 12.0. The SMILES string of the molecule is O=C(O)CN1CCn2nc(C3CC3)cc2C1=O. The molecule has 0 radical (unpaired) electrons. The van der Waals surface area contributed by atoms with Crippen LogP contribution in [-0.4, -0.2) is 44.8 Å². The average molecular weight is 235 g/mol. The van der Waals surface area contributed by atoms with E-state index in [0.29, 0.717) is 24.7 Å². The Balaban J connectivity index is 1.86. The predicted octanol–water partition coefficient (Wildman–Crippen LogP) is 0.301. The quantitative estimate of drug-likeness (QED) is 0.817. The molecule has 6 nitrogen and oxygen atoms in total. The molecule has 0 atom stereocenters. The number of aliphatic carboxylic acids is 1. The molecule has 90 valence electrons. The molecule has 17 heavy (non-hydrogen) atoms. The molecule has 0 unspecified atom stereocenters. The molecule has 0 aromatic carbocycles. The van der Waals surface area contributed by atoms with Gasteiger partial charge in [0.05, 0.1) is 12.2 Å². The van der Waals surface area contributed by atoms with E-state index in [2.05, 4.69) is 5.10 Å². The second-order valence-corrected chi connectivity index (χ2v) is 4.57. The van der Waals surface area contributed by atoms with Gasteiger partial charge in [0.1, 0.15) is 12.2 Å². The molecule has 3 rings (SSSR count). The van der Waals surface area contributed by atoms with E-state index < -0.39 is 5.97 Å². The molecular weight excluding hydrogens is 222 g/mol. The highest BCUT2D eigenvalue weighted by Crippen LogP contribution is 2.39. The molecule has 0 saturated heterocycles. The molecule has 6 heteroatoms. The van der Waals surface area contributed by atoms with Gasteiger partial charge in [-0.15, -0.1) is 0 Å². The van der Waals surface area contributed by atoms with Gasteiger partial charge in [-0.25, -0.2) is 0 Å². The van der Waals surface area contributed by atoms with E-state index in [9.17, 15) is 9.59 Å². The zero-order valence-corrected chi connectivity index (χ0v) is 9.30. The van der Waals surface area contributed by atoms with Crippen molar-refractivity contribution in [3.63, 3.8) is 0 Å². The van der Waals surface area contributed by atoms with Crippen molar-refractivity contribution >= 4 is 11.9 Å². The fourth-order valence-electron chi connectivity index (χ4n) is 2.15. The zero-order chi connectivity index (χ0) is 12.0. The van der Waals surface area contributed by atoms with Crippen LogP contribution >= 0.6 is 0 Å². The largest absolute Gasteiger partial charge is 0.480 e. The van der Waals surface area contributed by atoms with Crippen molar-refractivity contribution in [3.05, 3.63) is 17.5 Å². The summed E-state index contributed by atoms with van der Waals surface area (Å²) in [6, 6.07) is 1.81. The first kappa shape index (κ1) is 10.3. The number of fused-ring (bicyclic) bond motifs is 1. The molecule has 1 aromatic heterocycles. The zero-order valence-electron chi connectivity index (χ0n) is 9.30. The number of aromatic nitrogens is 2. The number of carboxylic acid groups (broad SMARTS) is 1. The Bertz CT molecular complexity index is 490. The van der Waals surface area contributed by atoms with Crippen LogP contribution in [0.5, 0.6) is 0 Å². The molecule has 1 aromatic rings. The lowest BCUT2D eigenvalue weighted by molar-refractivity contribution is -0.137. The van der Waals surface area contributed by atoms with E-state index in [0.717, 1.165) is 18.5 Å². The lowest BCUT2D eigenvalue weighted by atomic mass is 10.2. The van der Waals surface area contributed by atoms with Crippen molar-refractivity contribution in [3.8, 4) is 0 Å². The number of carbonyl (C=O) groups is 2. The maximum Gasteiger partial charge on any atom is 0.323 e. The van der Waals surface area contributed by atoms with Crippen LogP contribution in [0.2, 0.25) is 0 Å². The van der Waals surface area contributed by atoms with Crippen molar-refractivity contribution in [2.45, 2.75) is 25.3 Å². The molecule has 0 bridgehead atoms. The van der Waals surface area contributed by atoms with E-state index in [-0.39, 0.29) is 12.5 Å². The summed E-state index contributed by atoms with van der Waals surface area (Å²) in [6.07, 6.45) is 2.28. The molecule has 1 fully saturated rings. The van der Waals surface area contributed by atoms with Crippen LogP contribution in [0.25, 0.3) is 0 Å². The number of carboxylic acids is 1. The lowest BCUT2D eigenvalue weighted by Crippen LogP contribution is -2.43. The smallest absolute Gasteiger partial charge is 0.323 e. The number of amides is 1. The highest BCUT2D eigenvalue weighted by molar-refractivity contribution is 5.95. The van der Waals surface area contributed by atoms with Crippen LogP contribution < -0.4 is 0 Å². The Morgan fingerprint density at radius 3 is 2.88 bits per heavy atom. The van der Waals surface area contributed by atoms with Gasteiger partial charge < -0.3 is 10.0 Å². The molecule has 1 aliphatic heterocycles. The van der Waals surface area contributed by atoms with Gasteiger partial charge in [0.15, 0.2) is 0 Å². The number of nitrogens with zero attached hydrogens (tertiary/aromatic N) is 3. The first-order chi connectivity index (χ1) is 8.15. The van der Waals surface area contributed by atoms with E-state index in [1.807, 2.05) is 6.07 Å². The second kappa shape index (κ2) is 3.58. The first-order valence-corrected chi connectivity index (χ1v) is 5.74. The number of hydrogen-bond acceptors (Lipinski definition) is 3. The van der Waals surface area contributed by atoms with Gasteiger partial charge in [0.25, 0.3) is 5.91 Å². The summed E-state index contributed by atoms with van der Waals surface area (Å²) in [4.78, 5) is 24.0. The summed E-state index contributed by atoms with van der Waals surface area (Å²) in [7, 11) is 0. The summed E-state index contributed by atoms with van der Waals surface area (Å²) >= 11 is 0. The van der Waals surface area contributed by atoms with Crippen LogP contribution in [0, 0.1) is 0 Å². The molecule has 1 saturated carbocycles. The van der Waals surface area contributed by atoms with Crippen LogP contribution in [0.4, 0.5) is 0 Å². The van der Waals surface area contributed by atoms with Gasteiger partial charge in [0, 0.05) is 12.5 Å². The minimum absolute atomic E-state index is 0.224. The monoisotopic (exact) mass is 235 g/mol. The molecule has 1 aliphatic carbocycles. The molecule has 1 amide bonds. The summed E-state index contributed by atoms with van der Waals surface area (Å²) in [5.41, 5.74) is 1.50. The Hall–Kier alpha value is -1.85. The highest BCUT2D eigenvalue weighted by Gasteiger charge is 2.32. The normalized spacial score (nSPS) is 19.3. The fourth-order valence-corrected chi connectivity index (χ4v) is 2.15. The lowest BCUT2D eigenvalue weighted by Gasteiger charge is -2.25. The highest BCUT2D eigenvalue weighted by atomic mass is 16.4. The Morgan fingerprint density at radius 1 is 1.47 bits per heavy atom. The van der Waals surface area contributed by atoms with Gasteiger partial charge in [-0.1, -0.05) is 0 Å². The summed E-state index contributed by atoms with van der Waals surface area (Å²) in [5, 5.41) is 13.1. The van der Waals surface area contributed by atoms with Gasteiger partial charge in [0.2, 0.25) is 0 Å². The van der Waals surface area contributed by atoms with E-state index in [1.165, 1.54) is 4.90 Å². The Kier molecular flexibility index (Phi) is 2.17. The van der Waals surface area contributed by atoms with E-state index in [4.69, 9.17) is 5.11 Å². The van der Waals surface area contributed by atoms with E-state index >= 15 is 0 Å². The summed E-state index contributed by atoms with van der Waals surface area (Å²) in [5.74, 6) is -0.694. The van der Waals surface area contributed by atoms with Gasteiger partial charge >= 0.3 is 5.97 Å². The van der Waals surface area contributed by atoms with Crippen molar-refractivity contribution in [2.24, 2.45) is 0 Å². The third-order valence-electron chi connectivity index (χ3n) is 3.21. The molecule has 2 heterocycles. The third kappa shape index (κ3) is 1.79. The van der Waals surface area contributed by atoms with Crippen LogP contribution in [0.3, 0.4) is 0 Å². The Labute approximate surface area is 97.8 Å². The van der Waals surface area contributed by atoms with Crippen LogP contribution in [0.15, 0.2) is 6.07 Å². The topological polar surface area (TPSA) is 75.4 Å². The minimum Gasteiger partial charge on any atom is -0.480 e. The van der Waals surface area contributed by atoms with Crippen LogP contribution in [0.1, 0.15) is 34.9 Å². The Morgan fingerprint density at radius 2 is 2.24 bits per heavy atom. The van der Waals surface area contributed by atoms with E-state index in [1.54, 1.807) is 4.68 Å². The third-order valence-corrected chi connectivity index (χ3v) is 3.21. The van der Waals surface area contributed by atoms with Crippen molar-refractivity contribution in [2.75, 3.05) is 13.1 Å². The molecule has 1 N–H and O–H groups in total. The molecule has 2 aliphatic rings. The standard InChI is InChI=1S/C11H13N3O3/c15-10(16)6-13-3-4-14-9(11(13)17)5-8(12-14)7-1-2-7/h5,7H,1-4,6H2,(H,15,16). The van der Waals surface area contributed by atoms with Gasteiger partial charge in [-0.3, -0.25) is 14.3 Å². The number of carbonyl (C=O) groups excluding carboxylic acids is 1. The maximum atomic E-state index is 12.0. The van der Waals surface area contributed by atoms with Gasteiger partial charge in [-0.05, 0) is 18.9 Å². The van der Waals surface area contributed by atoms with Crippen molar-refractivity contribution < 1.29 is 14.7 Å². The first-order valence-electron chi connectivity index (χ1n) is 5.74. The fraction of sp³-hybridized carbons (Fsp3) is 0.545. The number of rotatable bonds is 3. The van der Waals surface area contributed by atoms with Gasteiger partial charge in [-0.2, -0.15) is 5.10 Å². The molecular formula is C11H13N3O3. The predicted molar refractivity (Wildman–Crippen MR) is 57.7 cm³/mol. The molecule has 0 spiro atoms. The second-order valence-electron chi connectivity index (χ2n) is 4.57. The minimum atomic E-state index is -0.978. The summed E-state index contributed by atoms with van der Waals surface area (Å²) in [6.45, 7) is 0.772. The van der Waals surface area contributed by atoms with Crippen molar-refractivity contribution in [1.82, 2.24) is 14.7 Å². The number of hydrogen-bond donors (Lipinski definition) is 1. The summed E-state index contributed by atoms with van der Waals surface area (Å²) < 4.78 is 1.70. The van der Waals surface area contributed by atoms with Crippen LogP contribution in [-0.2, 0) is 11.3 Å². The average Bonchev–Trinajstić information content (AvgIpc) is 3.02. The van der Waals surface area contributed by atoms with Crippen molar-refractivity contribution in [1.29, 1.82) is 0 Å².